The molecule has 7 nitrogen and oxygen atoms in total. The van der Waals surface area contributed by atoms with Crippen molar-refractivity contribution in [2.24, 2.45) is 0 Å². The van der Waals surface area contributed by atoms with Crippen LogP contribution in [0.25, 0.3) is 21.9 Å². The molecule has 1 atom stereocenters. The number of pyridine rings is 1. The molecule has 0 bridgehead atoms. The Labute approximate surface area is 162 Å². The van der Waals surface area contributed by atoms with E-state index in [1.54, 1.807) is 0 Å². The average molecular weight is 372 g/mol. The molecule has 0 spiro atoms. The highest BCUT2D eigenvalue weighted by molar-refractivity contribution is 6.02. The number of aromatic nitrogens is 4. The molecule has 1 aliphatic heterocycles. The van der Waals surface area contributed by atoms with E-state index in [9.17, 15) is 5.26 Å². The summed E-state index contributed by atoms with van der Waals surface area (Å²) in [6.45, 7) is 3.94. The molecule has 0 saturated carbocycles. The predicted molar refractivity (Wildman–Crippen MR) is 105 cm³/mol. The zero-order valence-corrected chi connectivity index (χ0v) is 15.9. The molecule has 1 unspecified atom stereocenters. The number of nitriles is 1. The van der Waals surface area contributed by atoms with Crippen molar-refractivity contribution >= 4 is 21.9 Å². The number of fused-ring (bicyclic) bond motifs is 3. The van der Waals surface area contributed by atoms with Crippen LogP contribution >= 0.6 is 0 Å². The van der Waals surface area contributed by atoms with E-state index in [1.165, 1.54) is 0 Å². The second-order valence-corrected chi connectivity index (χ2v) is 7.55. The fraction of sp³-hybridized carbons (Fsp3) is 0.333. The first kappa shape index (κ1) is 16.9. The fourth-order valence-corrected chi connectivity index (χ4v) is 4.19. The fourth-order valence-electron chi connectivity index (χ4n) is 4.19. The van der Waals surface area contributed by atoms with E-state index in [4.69, 9.17) is 9.51 Å². The van der Waals surface area contributed by atoms with Gasteiger partial charge in [-0.2, -0.15) is 5.26 Å². The topological polar surface area (TPSA) is 83.8 Å². The molecule has 7 heteroatoms. The average Bonchev–Trinajstić information content (AvgIpc) is 3.39. The number of nitrogens with zero attached hydrogens (tertiary/aromatic N) is 6. The summed E-state index contributed by atoms with van der Waals surface area (Å²) in [6.07, 6.45) is 3.47. The number of likely N-dealkylation sites (N-methyl/N-ethyl adjacent to an activating group) is 1. The molecular weight excluding hydrogens is 352 g/mol. The molecule has 4 aromatic rings. The molecular formula is C21H20N6O. The maximum absolute atomic E-state index is 9.37. The van der Waals surface area contributed by atoms with Crippen molar-refractivity contribution in [3.63, 3.8) is 0 Å². The summed E-state index contributed by atoms with van der Waals surface area (Å²) in [7, 11) is 2.14. The first-order valence-corrected chi connectivity index (χ1v) is 9.43. The van der Waals surface area contributed by atoms with Gasteiger partial charge in [-0.3, -0.25) is 4.98 Å². The van der Waals surface area contributed by atoms with Gasteiger partial charge < -0.3 is 14.0 Å². The van der Waals surface area contributed by atoms with Gasteiger partial charge in [0, 0.05) is 24.0 Å². The first-order chi connectivity index (χ1) is 13.6. The summed E-state index contributed by atoms with van der Waals surface area (Å²) in [5, 5.41) is 14.3. The molecule has 1 aromatic carbocycles. The zero-order chi connectivity index (χ0) is 19.3. The Kier molecular flexibility index (Phi) is 3.88. The summed E-state index contributed by atoms with van der Waals surface area (Å²) in [6, 6.07) is 10.2. The van der Waals surface area contributed by atoms with Gasteiger partial charge in [-0.05, 0) is 45.1 Å². The smallest absolute Gasteiger partial charge is 0.144 e. The molecule has 1 fully saturated rings. The largest absolute Gasteiger partial charge is 0.361 e. The first-order valence-electron chi connectivity index (χ1n) is 9.43. The number of hydrogen-bond donors (Lipinski definition) is 0. The Hall–Kier alpha value is -3.24. The minimum Gasteiger partial charge on any atom is -0.361 e. The Morgan fingerprint density at radius 2 is 2.18 bits per heavy atom. The Bertz CT molecular complexity index is 1230. The van der Waals surface area contributed by atoms with E-state index in [1.807, 2.05) is 37.4 Å². The van der Waals surface area contributed by atoms with E-state index >= 15 is 0 Å². The van der Waals surface area contributed by atoms with Crippen molar-refractivity contribution in [1.82, 2.24) is 24.6 Å². The summed E-state index contributed by atoms with van der Waals surface area (Å²) >= 11 is 0. The third kappa shape index (κ3) is 2.74. The highest BCUT2D eigenvalue weighted by Gasteiger charge is 2.27. The number of aryl methyl sites for hydroxylation is 1. The lowest BCUT2D eigenvalue weighted by Crippen LogP contribution is -2.18. The standard InChI is InChI=1S/C21H20N6O/c1-13-7-16(28-25-13)9-20-24-19-11-23-18-4-3-14(10-22)8-17(18)21(19)27(20)15-5-6-26(2)12-15/h3-4,7-8,11,15H,5-6,9,12H2,1-2H3. The van der Waals surface area contributed by atoms with Crippen molar-refractivity contribution in [1.29, 1.82) is 5.26 Å². The van der Waals surface area contributed by atoms with Crippen LogP contribution < -0.4 is 0 Å². The van der Waals surface area contributed by atoms with Gasteiger partial charge in [0.2, 0.25) is 0 Å². The monoisotopic (exact) mass is 372 g/mol. The van der Waals surface area contributed by atoms with Gasteiger partial charge in [0.1, 0.15) is 17.1 Å². The molecule has 1 aliphatic rings. The van der Waals surface area contributed by atoms with Crippen LogP contribution in [0.5, 0.6) is 0 Å². The second kappa shape index (κ2) is 6.43. The van der Waals surface area contributed by atoms with Gasteiger partial charge in [-0.25, -0.2) is 4.98 Å². The minimum atomic E-state index is 0.324. The Balaban J connectivity index is 1.76. The molecule has 0 N–H and O–H groups in total. The van der Waals surface area contributed by atoms with Gasteiger partial charge in [0.05, 0.1) is 41.0 Å². The molecule has 5 rings (SSSR count). The van der Waals surface area contributed by atoms with Crippen LogP contribution in [-0.2, 0) is 6.42 Å². The number of hydrogen-bond acceptors (Lipinski definition) is 6. The quantitative estimate of drug-likeness (QED) is 0.549. The van der Waals surface area contributed by atoms with Gasteiger partial charge >= 0.3 is 0 Å². The molecule has 0 amide bonds. The highest BCUT2D eigenvalue weighted by atomic mass is 16.5. The zero-order valence-electron chi connectivity index (χ0n) is 15.9. The van der Waals surface area contributed by atoms with Gasteiger partial charge in [-0.1, -0.05) is 5.16 Å². The lowest BCUT2D eigenvalue weighted by molar-refractivity contribution is 0.376. The Morgan fingerprint density at radius 3 is 2.89 bits per heavy atom. The van der Waals surface area contributed by atoms with E-state index in [0.717, 1.165) is 58.7 Å². The lowest BCUT2D eigenvalue weighted by atomic mass is 10.1. The molecule has 0 radical (unpaired) electrons. The van der Waals surface area contributed by atoms with E-state index in [0.29, 0.717) is 18.0 Å². The van der Waals surface area contributed by atoms with Crippen molar-refractivity contribution < 1.29 is 4.52 Å². The maximum Gasteiger partial charge on any atom is 0.144 e. The second-order valence-electron chi connectivity index (χ2n) is 7.55. The van der Waals surface area contributed by atoms with E-state index in [2.05, 4.69) is 32.7 Å². The summed E-state index contributed by atoms with van der Waals surface area (Å²) < 4.78 is 7.79. The molecule has 28 heavy (non-hydrogen) atoms. The number of benzene rings is 1. The molecule has 1 saturated heterocycles. The highest BCUT2D eigenvalue weighted by Crippen LogP contribution is 2.32. The van der Waals surface area contributed by atoms with Crippen LogP contribution in [0, 0.1) is 18.3 Å². The molecule has 4 heterocycles. The van der Waals surface area contributed by atoms with Crippen LogP contribution in [0.15, 0.2) is 35.0 Å². The van der Waals surface area contributed by atoms with Crippen molar-refractivity contribution in [2.45, 2.75) is 25.8 Å². The van der Waals surface area contributed by atoms with Crippen molar-refractivity contribution in [2.75, 3.05) is 20.1 Å². The predicted octanol–water partition coefficient (Wildman–Crippen LogP) is 3.22. The summed E-state index contributed by atoms with van der Waals surface area (Å²) in [5.74, 6) is 1.75. The SMILES string of the molecule is Cc1cc(Cc2nc3cnc4ccc(C#N)cc4c3n2C2CCN(C)C2)on1. The summed E-state index contributed by atoms with van der Waals surface area (Å²) in [4.78, 5) is 11.8. The minimum absolute atomic E-state index is 0.324. The number of rotatable bonds is 3. The third-order valence-electron chi connectivity index (χ3n) is 5.46. The van der Waals surface area contributed by atoms with Crippen LogP contribution in [0.4, 0.5) is 0 Å². The molecule has 0 aliphatic carbocycles. The van der Waals surface area contributed by atoms with Crippen LogP contribution in [0.1, 0.15) is 35.3 Å². The lowest BCUT2D eigenvalue weighted by Gasteiger charge is -2.17. The maximum atomic E-state index is 9.37. The van der Waals surface area contributed by atoms with Crippen molar-refractivity contribution in [3.05, 3.63) is 53.3 Å². The van der Waals surface area contributed by atoms with Gasteiger partial charge in [-0.15, -0.1) is 0 Å². The van der Waals surface area contributed by atoms with E-state index < -0.39 is 0 Å². The van der Waals surface area contributed by atoms with Crippen LogP contribution in [-0.4, -0.2) is 44.7 Å². The number of imidazole rings is 1. The van der Waals surface area contributed by atoms with Crippen LogP contribution in [0.2, 0.25) is 0 Å². The van der Waals surface area contributed by atoms with Gasteiger partial charge in [0.15, 0.2) is 0 Å². The Morgan fingerprint density at radius 1 is 1.29 bits per heavy atom. The summed E-state index contributed by atoms with van der Waals surface area (Å²) in [5.41, 5.74) is 4.27. The van der Waals surface area contributed by atoms with E-state index in [-0.39, 0.29) is 0 Å². The van der Waals surface area contributed by atoms with Crippen molar-refractivity contribution in [3.8, 4) is 6.07 Å². The molecule has 3 aromatic heterocycles. The molecule has 140 valence electrons. The van der Waals surface area contributed by atoms with Gasteiger partial charge in [0.25, 0.3) is 0 Å². The number of likely N-dealkylation sites (tertiary alicyclic amines) is 1. The normalized spacial score (nSPS) is 17.5. The third-order valence-corrected chi connectivity index (χ3v) is 5.46. The van der Waals surface area contributed by atoms with Crippen LogP contribution in [0.3, 0.4) is 0 Å².